The summed E-state index contributed by atoms with van der Waals surface area (Å²) < 4.78 is 27.8. The van der Waals surface area contributed by atoms with E-state index in [2.05, 4.69) is 31.3 Å². The summed E-state index contributed by atoms with van der Waals surface area (Å²) in [4.78, 5) is 11.1. The molecule has 0 aliphatic rings. The minimum absolute atomic E-state index is 0.0259. The molecule has 0 aromatic heterocycles. The molecular formula is C32H42N2O5S. The van der Waals surface area contributed by atoms with Gasteiger partial charge in [0.25, 0.3) is 0 Å². The van der Waals surface area contributed by atoms with E-state index in [0.29, 0.717) is 6.42 Å². The van der Waals surface area contributed by atoms with Gasteiger partial charge in [0.05, 0.1) is 11.0 Å². The summed E-state index contributed by atoms with van der Waals surface area (Å²) in [5, 5.41) is 23.0. The Kier molecular flexibility index (Phi) is 11.0. The van der Waals surface area contributed by atoms with Crippen LogP contribution in [-0.4, -0.2) is 60.7 Å². The summed E-state index contributed by atoms with van der Waals surface area (Å²) in [5.41, 5.74) is 4.62. The average molecular weight is 567 g/mol. The fraction of sp³-hybridized carbons (Fsp3) is 0.406. The van der Waals surface area contributed by atoms with Gasteiger partial charge in [0, 0.05) is 32.1 Å². The van der Waals surface area contributed by atoms with Gasteiger partial charge in [-0.15, -0.1) is 0 Å². The number of carboxylic acid groups (broad SMARTS) is 1. The lowest BCUT2D eigenvalue weighted by molar-refractivity contribution is -0.136. The van der Waals surface area contributed by atoms with Crippen LogP contribution >= 0.6 is 0 Å². The lowest BCUT2D eigenvalue weighted by Gasteiger charge is -2.29. The van der Waals surface area contributed by atoms with Gasteiger partial charge >= 0.3 is 5.97 Å². The largest absolute Gasteiger partial charge is 0.481 e. The third-order valence-electron chi connectivity index (χ3n) is 7.17. The van der Waals surface area contributed by atoms with Crippen LogP contribution < -0.4 is 5.32 Å². The first kappa shape index (κ1) is 31.5. The molecule has 3 rings (SSSR count). The molecule has 0 unspecified atom stereocenters. The van der Waals surface area contributed by atoms with Crippen LogP contribution in [0.3, 0.4) is 0 Å². The molecule has 0 fully saturated rings. The van der Waals surface area contributed by atoms with Crippen molar-refractivity contribution in [1.29, 1.82) is 0 Å². The zero-order valence-electron chi connectivity index (χ0n) is 23.9. The van der Waals surface area contributed by atoms with Crippen LogP contribution in [0.4, 0.5) is 0 Å². The van der Waals surface area contributed by atoms with Crippen molar-refractivity contribution in [2.75, 3.05) is 20.1 Å². The normalized spacial score (nSPS) is 12.9. The van der Waals surface area contributed by atoms with Crippen molar-refractivity contribution in [1.82, 2.24) is 9.62 Å². The van der Waals surface area contributed by atoms with Crippen LogP contribution in [0.1, 0.15) is 49.8 Å². The Labute approximate surface area is 238 Å². The molecule has 1 atom stereocenters. The summed E-state index contributed by atoms with van der Waals surface area (Å²) in [6.07, 6.45) is 2.56. The molecule has 0 radical (unpaired) electrons. The van der Waals surface area contributed by atoms with Gasteiger partial charge in [-0.2, -0.15) is 4.31 Å². The van der Waals surface area contributed by atoms with E-state index in [1.807, 2.05) is 49.4 Å². The van der Waals surface area contributed by atoms with E-state index < -0.39 is 22.1 Å². The van der Waals surface area contributed by atoms with Gasteiger partial charge in [-0.1, -0.05) is 60.7 Å². The number of aryl methyl sites for hydroxylation is 3. The van der Waals surface area contributed by atoms with Gasteiger partial charge in [0.15, 0.2) is 0 Å². The van der Waals surface area contributed by atoms with Crippen LogP contribution in [0.25, 0.3) is 11.1 Å². The number of rotatable bonds is 15. The molecule has 3 aromatic rings. The number of benzene rings is 3. The smallest absolute Gasteiger partial charge is 0.303 e. The maximum atomic E-state index is 13.3. The number of nitrogens with zero attached hydrogens (tertiary/aromatic N) is 1. The van der Waals surface area contributed by atoms with Crippen molar-refractivity contribution < 1.29 is 23.4 Å². The molecule has 0 spiro atoms. The number of nitrogens with one attached hydrogen (secondary N) is 1. The lowest BCUT2D eigenvalue weighted by Crippen LogP contribution is -2.46. The highest BCUT2D eigenvalue weighted by atomic mass is 32.2. The van der Waals surface area contributed by atoms with E-state index in [4.69, 9.17) is 5.11 Å². The van der Waals surface area contributed by atoms with Crippen LogP contribution in [0.2, 0.25) is 0 Å². The van der Waals surface area contributed by atoms with Crippen molar-refractivity contribution in [3.05, 3.63) is 89.5 Å². The minimum Gasteiger partial charge on any atom is -0.481 e. The number of hydrogen-bond acceptors (Lipinski definition) is 5. The molecule has 0 amide bonds. The fourth-order valence-electron chi connectivity index (χ4n) is 4.77. The second kappa shape index (κ2) is 14.0. The number of carbonyl (C=O) groups is 1. The fourth-order valence-corrected chi connectivity index (χ4v) is 6.06. The number of hydrogen-bond donors (Lipinski definition) is 3. The Morgan fingerprint density at radius 3 is 2.35 bits per heavy atom. The van der Waals surface area contributed by atoms with Crippen molar-refractivity contribution in [3.63, 3.8) is 0 Å². The third kappa shape index (κ3) is 9.27. The van der Waals surface area contributed by atoms with Gasteiger partial charge in [-0.05, 0) is 86.4 Å². The zero-order chi connectivity index (χ0) is 29.3. The summed E-state index contributed by atoms with van der Waals surface area (Å²) >= 11 is 0. The van der Waals surface area contributed by atoms with Gasteiger partial charge in [0.2, 0.25) is 10.0 Å². The number of sulfonamides is 1. The van der Waals surface area contributed by atoms with Gasteiger partial charge < -0.3 is 15.5 Å². The van der Waals surface area contributed by atoms with Crippen LogP contribution in [0.5, 0.6) is 0 Å². The molecule has 0 aliphatic carbocycles. The van der Waals surface area contributed by atoms with Crippen molar-refractivity contribution in [2.24, 2.45) is 0 Å². The molecule has 0 bridgehead atoms. The first-order valence-corrected chi connectivity index (χ1v) is 15.2. The zero-order valence-corrected chi connectivity index (χ0v) is 24.7. The molecule has 8 heteroatoms. The maximum absolute atomic E-state index is 13.3. The topological polar surface area (TPSA) is 107 Å². The number of aliphatic carboxylic acids is 1. The molecule has 40 heavy (non-hydrogen) atoms. The molecule has 3 N–H and O–H groups in total. The van der Waals surface area contributed by atoms with E-state index >= 15 is 0 Å². The lowest BCUT2D eigenvalue weighted by atomic mass is 9.95. The predicted octanol–water partition coefficient (Wildman–Crippen LogP) is 5.05. The van der Waals surface area contributed by atoms with Gasteiger partial charge in [-0.3, -0.25) is 4.79 Å². The maximum Gasteiger partial charge on any atom is 0.303 e. The van der Waals surface area contributed by atoms with E-state index in [1.54, 1.807) is 18.2 Å². The summed E-state index contributed by atoms with van der Waals surface area (Å²) in [6, 6.07) is 23.0. The Hall–Kier alpha value is -3.04. The monoisotopic (exact) mass is 566 g/mol. The van der Waals surface area contributed by atoms with Crippen LogP contribution in [0, 0.1) is 6.92 Å². The Morgan fingerprint density at radius 1 is 0.975 bits per heavy atom. The van der Waals surface area contributed by atoms with E-state index in [0.717, 1.165) is 41.5 Å². The molecule has 7 nitrogen and oxygen atoms in total. The van der Waals surface area contributed by atoms with E-state index in [1.165, 1.54) is 16.9 Å². The van der Waals surface area contributed by atoms with Crippen molar-refractivity contribution >= 4 is 16.0 Å². The minimum atomic E-state index is -3.80. The standard InChI is InChI=1S/C32H42N2O5S/c1-24-20-29(16-17-30(24)27-14-8-12-26(21-27)15-18-31(36)37)40(38,39)34(4)23-28(35)22-33-32(2,3)19-9-13-25-10-6-5-7-11-25/h5-8,10-12,14,16-17,20-21,28,33,35H,9,13,15,18-19,22-23H2,1-4H3,(H,36,37)/t28-/m1/s1. The molecule has 0 heterocycles. The third-order valence-corrected chi connectivity index (χ3v) is 8.99. The summed E-state index contributed by atoms with van der Waals surface area (Å²) in [7, 11) is -2.32. The number of aliphatic hydroxyl groups is 1. The predicted molar refractivity (Wildman–Crippen MR) is 160 cm³/mol. The highest BCUT2D eigenvalue weighted by molar-refractivity contribution is 7.89. The van der Waals surface area contributed by atoms with Crippen LogP contribution in [0.15, 0.2) is 77.7 Å². The van der Waals surface area contributed by atoms with E-state index in [-0.39, 0.29) is 29.9 Å². The Bertz CT molecular complexity index is 1370. The molecule has 0 saturated heterocycles. The van der Waals surface area contributed by atoms with Crippen LogP contribution in [-0.2, 0) is 27.7 Å². The highest BCUT2D eigenvalue weighted by Gasteiger charge is 2.25. The van der Waals surface area contributed by atoms with Gasteiger partial charge in [0.1, 0.15) is 0 Å². The second-order valence-electron chi connectivity index (χ2n) is 11.1. The first-order chi connectivity index (χ1) is 18.9. The molecule has 3 aromatic carbocycles. The van der Waals surface area contributed by atoms with E-state index in [9.17, 15) is 18.3 Å². The summed E-state index contributed by atoms with van der Waals surface area (Å²) in [5.74, 6) is -0.844. The molecule has 216 valence electrons. The molecular weight excluding hydrogens is 524 g/mol. The van der Waals surface area contributed by atoms with Crippen molar-refractivity contribution in [2.45, 2.75) is 69.4 Å². The summed E-state index contributed by atoms with van der Waals surface area (Å²) in [6.45, 7) is 6.31. The number of aliphatic hydroxyl groups excluding tert-OH is 1. The Balaban J connectivity index is 1.57. The SMILES string of the molecule is Cc1cc(S(=O)(=O)N(C)C[C@H](O)CNC(C)(C)CCCc2ccccc2)ccc1-c1cccc(CCC(=O)O)c1. The first-order valence-electron chi connectivity index (χ1n) is 13.7. The molecule has 0 saturated carbocycles. The second-order valence-corrected chi connectivity index (χ2v) is 13.2. The molecule has 0 aliphatic heterocycles. The van der Waals surface area contributed by atoms with Gasteiger partial charge in [-0.25, -0.2) is 8.42 Å². The van der Waals surface area contributed by atoms with Crippen molar-refractivity contribution in [3.8, 4) is 11.1 Å². The number of likely N-dealkylation sites (N-methyl/N-ethyl adjacent to an activating group) is 1. The number of β-amino-alcohol motifs (C(OH)–C–C–N with tert-alkyl or cyclic N) is 1. The quantitative estimate of drug-likeness (QED) is 0.238. The number of carboxylic acids is 1. The highest BCUT2D eigenvalue weighted by Crippen LogP contribution is 2.28. The average Bonchev–Trinajstić information content (AvgIpc) is 2.91. The Morgan fingerprint density at radius 2 is 1.68 bits per heavy atom.